The fourth-order valence-corrected chi connectivity index (χ4v) is 4.33. The summed E-state index contributed by atoms with van der Waals surface area (Å²) in [6, 6.07) is 7.35. The van der Waals surface area contributed by atoms with E-state index in [0.29, 0.717) is 11.5 Å². The van der Waals surface area contributed by atoms with Gasteiger partial charge in [0.05, 0.1) is 24.2 Å². The number of benzene rings is 1. The van der Waals surface area contributed by atoms with Crippen LogP contribution in [0.2, 0.25) is 0 Å². The van der Waals surface area contributed by atoms with Crippen LogP contribution < -0.4 is 15.0 Å². The molecule has 1 amide bonds. The van der Waals surface area contributed by atoms with Crippen LogP contribution in [0.15, 0.2) is 53.7 Å². The molecule has 0 bridgehead atoms. The van der Waals surface area contributed by atoms with E-state index in [9.17, 15) is 13.2 Å². The van der Waals surface area contributed by atoms with E-state index in [2.05, 4.69) is 4.98 Å². The van der Waals surface area contributed by atoms with Gasteiger partial charge in [-0.05, 0) is 36.4 Å². The summed E-state index contributed by atoms with van der Waals surface area (Å²) in [5.74, 6) is 0.141. The summed E-state index contributed by atoms with van der Waals surface area (Å²) in [5, 5.41) is 8.88. The average molecular weight is 379 g/mol. The number of carbonyl (C=O) groups excluding carboxylic acids is 1. The number of rotatable bonds is 7. The van der Waals surface area contributed by atoms with E-state index in [4.69, 9.17) is 14.7 Å². The molecule has 0 spiro atoms. The van der Waals surface area contributed by atoms with Crippen molar-refractivity contribution >= 4 is 15.9 Å². The Labute approximate surface area is 150 Å². The number of ether oxygens (including phenoxy) is 2. The minimum atomic E-state index is -3.94. The van der Waals surface area contributed by atoms with E-state index in [0.717, 1.165) is 4.31 Å². The Hall–Kier alpha value is -2.69. The second kappa shape index (κ2) is 7.28. The number of hydrogen-bond acceptors (Lipinski definition) is 7. The highest BCUT2D eigenvalue weighted by atomic mass is 32.2. The van der Waals surface area contributed by atoms with Crippen molar-refractivity contribution in [3.05, 3.63) is 48.8 Å². The zero-order chi connectivity index (χ0) is 18.7. The summed E-state index contributed by atoms with van der Waals surface area (Å²) in [7, 11) is -2.46. The van der Waals surface area contributed by atoms with E-state index in [-0.39, 0.29) is 11.5 Å². The normalized spacial score (nSPS) is 21.7. The third-order valence-electron chi connectivity index (χ3n) is 3.94. The molecular formula is C16H17N3O6S. The smallest absolute Gasteiger partial charge is 0.263 e. The van der Waals surface area contributed by atoms with Crippen molar-refractivity contribution in [1.82, 2.24) is 14.8 Å². The highest BCUT2D eigenvalue weighted by Gasteiger charge is 2.60. The molecule has 1 unspecified atom stereocenters. The Morgan fingerprint density at radius 2 is 2.00 bits per heavy atom. The van der Waals surface area contributed by atoms with Crippen molar-refractivity contribution in [2.45, 2.75) is 17.0 Å². The molecule has 0 radical (unpaired) electrons. The minimum Gasteiger partial charge on any atom is -0.497 e. The molecule has 1 aromatic carbocycles. The molecule has 9 nitrogen and oxygen atoms in total. The standard InChI is InChI=1S/C16H17N3O6S/c1-24-11-4-6-13(7-5-11)26(22,23)19-14(15(19)16(20)18-21)10-25-12-3-2-8-17-9-12/h2-9,14-15,21H,10H2,1H3,(H,18,20)/t14-,15-,19?/m1/s1. The lowest BCUT2D eigenvalue weighted by Crippen LogP contribution is -2.29. The van der Waals surface area contributed by atoms with Crippen molar-refractivity contribution in [1.29, 1.82) is 0 Å². The second-order valence-corrected chi connectivity index (χ2v) is 7.34. The molecule has 1 aliphatic heterocycles. The zero-order valence-electron chi connectivity index (χ0n) is 13.8. The van der Waals surface area contributed by atoms with Crippen LogP contribution in [-0.2, 0) is 14.8 Å². The molecule has 2 N–H and O–H groups in total. The predicted molar refractivity (Wildman–Crippen MR) is 89.3 cm³/mol. The van der Waals surface area contributed by atoms with Crippen molar-refractivity contribution in [3.63, 3.8) is 0 Å². The maximum Gasteiger partial charge on any atom is 0.263 e. The van der Waals surface area contributed by atoms with E-state index in [1.165, 1.54) is 43.1 Å². The van der Waals surface area contributed by atoms with Crippen molar-refractivity contribution in [2.24, 2.45) is 0 Å². The molecular weight excluding hydrogens is 362 g/mol. The Kier molecular flexibility index (Phi) is 5.07. The number of sulfonamides is 1. The third-order valence-corrected chi connectivity index (χ3v) is 5.87. The van der Waals surface area contributed by atoms with E-state index < -0.39 is 28.0 Å². The first-order valence-corrected chi connectivity index (χ1v) is 9.07. The van der Waals surface area contributed by atoms with Gasteiger partial charge in [0.1, 0.15) is 24.1 Å². The fourth-order valence-electron chi connectivity index (χ4n) is 2.59. The molecule has 10 heteroatoms. The number of amides is 1. The maximum atomic E-state index is 12.8. The van der Waals surface area contributed by atoms with E-state index in [1.807, 2.05) is 0 Å². The first-order chi connectivity index (χ1) is 12.5. The summed E-state index contributed by atoms with van der Waals surface area (Å²) >= 11 is 0. The minimum absolute atomic E-state index is 0.0120. The number of nitrogens with one attached hydrogen (secondary N) is 1. The first kappa shape index (κ1) is 18.1. The quantitative estimate of drug-likeness (QED) is 0.406. The third kappa shape index (κ3) is 3.47. The molecule has 1 aliphatic rings. The van der Waals surface area contributed by atoms with Crippen LogP contribution in [0.3, 0.4) is 0 Å². The van der Waals surface area contributed by atoms with Gasteiger partial charge in [0.25, 0.3) is 5.91 Å². The SMILES string of the molecule is COc1ccc(S(=O)(=O)N2[C@H](COc3cccnc3)[C@@H]2C(=O)NO)cc1. The molecule has 3 atom stereocenters. The van der Waals surface area contributed by atoms with Crippen LogP contribution in [0.5, 0.6) is 11.5 Å². The number of aromatic nitrogens is 1. The van der Waals surface area contributed by atoms with Gasteiger partial charge in [-0.2, -0.15) is 4.31 Å². The number of carbonyl (C=O) groups is 1. The Bertz CT molecular complexity index is 873. The molecule has 1 aromatic heterocycles. The number of methoxy groups -OCH3 is 1. The molecule has 0 aliphatic carbocycles. The highest BCUT2D eigenvalue weighted by Crippen LogP contribution is 2.36. The highest BCUT2D eigenvalue weighted by molar-refractivity contribution is 7.89. The molecule has 138 valence electrons. The summed E-state index contributed by atoms with van der Waals surface area (Å²) in [6.07, 6.45) is 3.05. The van der Waals surface area contributed by atoms with Crippen LogP contribution in [0.4, 0.5) is 0 Å². The fraction of sp³-hybridized carbons (Fsp3) is 0.250. The number of hydrogen-bond donors (Lipinski definition) is 2. The van der Waals surface area contributed by atoms with Gasteiger partial charge in [-0.3, -0.25) is 15.0 Å². The zero-order valence-corrected chi connectivity index (χ0v) is 14.6. The van der Waals surface area contributed by atoms with Crippen LogP contribution in [0, 0.1) is 0 Å². The van der Waals surface area contributed by atoms with Gasteiger partial charge in [0.2, 0.25) is 10.0 Å². The summed E-state index contributed by atoms with van der Waals surface area (Å²) in [6.45, 7) is -0.0564. The first-order valence-electron chi connectivity index (χ1n) is 7.63. The van der Waals surface area contributed by atoms with Gasteiger partial charge in [-0.25, -0.2) is 13.9 Å². The molecule has 2 aromatic rings. The van der Waals surface area contributed by atoms with Gasteiger partial charge in [-0.15, -0.1) is 0 Å². The van der Waals surface area contributed by atoms with Gasteiger partial charge >= 0.3 is 0 Å². The predicted octanol–water partition coefficient (Wildman–Crippen LogP) is 0.416. The number of nitrogens with zero attached hydrogens (tertiary/aromatic N) is 2. The van der Waals surface area contributed by atoms with Gasteiger partial charge in [0.15, 0.2) is 0 Å². The molecule has 26 heavy (non-hydrogen) atoms. The Balaban J connectivity index is 1.79. The molecule has 3 rings (SSSR count). The van der Waals surface area contributed by atoms with Gasteiger partial charge in [0, 0.05) is 6.20 Å². The van der Waals surface area contributed by atoms with Crippen LogP contribution in [0.1, 0.15) is 0 Å². The van der Waals surface area contributed by atoms with Gasteiger partial charge in [-0.1, -0.05) is 0 Å². The van der Waals surface area contributed by atoms with E-state index in [1.54, 1.807) is 18.3 Å². The molecule has 1 saturated heterocycles. The summed E-state index contributed by atoms with van der Waals surface area (Å²) in [4.78, 5) is 15.7. The van der Waals surface area contributed by atoms with Crippen LogP contribution in [0.25, 0.3) is 0 Å². The largest absolute Gasteiger partial charge is 0.497 e. The number of hydroxylamine groups is 1. The lowest BCUT2D eigenvalue weighted by Gasteiger charge is -2.08. The van der Waals surface area contributed by atoms with Crippen molar-refractivity contribution in [2.75, 3.05) is 13.7 Å². The number of pyridine rings is 1. The van der Waals surface area contributed by atoms with E-state index >= 15 is 0 Å². The van der Waals surface area contributed by atoms with Crippen LogP contribution in [-0.4, -0.2) is 54.6 Å². The monoisotopic (exact) mass is 379 g/mol. The summed E-state index contributed by atoms with van der Waals surface area (Å²) < 4.78 is 37.1. The Morgan fingerprint density at radius 1 is 1.27 bits per heavy atom. The van der Waals surface area contributed by atoms with Crippen molar-refractivity contribution in [3.8, 4) is 11.5 Å². The molecule has 2 heterocycles. The van der Waals surface area contributed by atoms with Gasteiger partial charge < -0.3 is 9.47 Å². The topological polar surface area (TPSA) is 118 Å². The van der Waals surface area contributed by atoms with Crippen LogP contribution >= 0.6 is 0 Å². The average Bonchev–Trinajstić information content (AvgIpc) is 3.42. The Morgan fingerprint density at radius 3 is 2.58 bits per heavy atom. The van der Waals surface area contributed by atoms with Crippen molar-refractivity contribution < 1.29 is 27.9 Å². The maximum absolute atomic E-state index is 12.8. The molecule has 0 saturated carbocycles. The molecule has 1 fully saturated rings. The second-order valence-electron chi connectivity index (χ2n) is 5.50. The lowest BCUT2D eigenvalue weighted by atomic mass is 10.3. The lowest BCUT2D eigenvalue weighted by molar-refractivity contribution is -0.129. The summed E-state index contributed by atoms with van der Waals surface area (Å²) in [5.41, 5.74) is 1.49.